The number of benzene rings is 1. The molecule has 0 saturated carbocycles. The zero-order valence-electron chi connectivity index (χ0n) is 12.5. The van der Waals surface area contributed by atoms with Gasteiger partial charge in [0.2, 0.25) is 0 Å². The van der Waals surface area contributed by atoms with Crippen LogP contribution in [-0.2, 0) is 0 Å². The molecule has 0 amide bonds. The van der Waals surface area contributed by atoms with Crippen molar-refractivity contribution < 1.29 is 4.39 Å². The third-order valence-corrected chi connectivity index (χ3v) is 4.56. The van der Waals surface area contributed by atoms with Gasteiger partial charge < -0.3 is 5.73 Å². The van der Waals surface area contributed by atoms with E-state index in [4.69, 9.17) is 5.73 Å². The summed E-state index contributed by atoms with van der Waals surface area (Å²) < 4.78 is 15.2. The third-order valence-electron chi connectivity index (χ3n) is 4.07. The van der Waals surface area contributed by atoms with Crippen LogP contribution in [0.25, 0.3) is 0 Å². The smallest absolute Gasteiger partial charge is 0.128 e. The molecule has 2 unspecified atom stereocenters. The largest absolute Gasteiger partial charge is 0.326 e. The number of halogens is 2. The molecule has 0 aliphatic carbocycles. The van der Waals surface area contributed by atoms with Crippen molar-refractivity contribution in [1.82, 2.24) is 4.90 Å². The number of hydrogen-bond donors (Lipinski definition) is 1. The second-order valence-electron chi connectivity index (χ2n) is 6.63. The highest BCUT2D eigenvalue weighted by molar-refractivity contribution is 9.10. The van der Waals surface area contributed by atoms with Crippen LogP contribution in [0, 0.1) is 5.82 Å². The summed E-state index contributed by atoms with van der Waals surface area (Å²) in [7, 11) is 0. The van der Waals surface area contributed by atoms with Crippen LogP contribution in [0.3, 0.4) is 0 Å². The molecule has 2 rings (SSSR count). The quantitative estimate of drug-likeness (QED) is 0.826. The number of rotatable bonds is 1. The Balaban J connectivity index is 2.48. The lowest BCUT2D eigenvalue weighted by Crippen LogP contribution is -2.49. The Morgan fingerprint density at radius 2 is 2.00 bits per heavy atom. The van der Waals surface area contributed by atoms with Crippen LogP contribution in [0.15, 0.2) is 22.7 Å². The van der Waals surface area contributed by atoms with Crippen molar-refractivity contribution in [3.8, 4) is 0 Å². The molecule has 1 aliphatic rings. The lowest BCUT2D eigenvalue weighted by atomic mass is 9.92. The van der Waals surface area contributed by atoms with Gasteiger partial charge in [-0.2, -0.15) is 0 Å². The fraction of sp³-hybridized carbons (Fsp3) is 0.625. The van der Waals surface area contributed by atoms with Crippen molar-refractivity contribution in [2.75, 3.05) is 6.54 Å². The summed E-state index contributed by atoms with van der Waals surface area (Å²) in [4.78, 5) is 2.36. The Labute approximate surface area is 129 Å². The number of nitrogens with two attached hydrogens (primary N) is 1. The van der Waals surface area contributed by atoms with Crippen molar-refractivity contribution in [1.29, 1.82) is 0 Å². The molecular formula is C16H24BrFN2. The maximum Gasteiger partial charge on any atom is 0.128 e. The molecule has 2 N–H and O–H groups in total. The molecule has 0 radical (unpaired) electrons. The Morgan fingerprint density at radius 1 is 1.30 bits per heavy atom. The fourth-order valence-corrected chi connectivity index (χ4v) is 3.46. The van der Waals surface area contributed by atoms with Crippen LogP contribution in [0.4, 0.5) is 4.39 Å². The van der Waals surface area contributed by atoms with Gasteiger partial charge in [-0.15, -0.1) is 0 Å². The molecule has 0 aromatic heterocycles. The van der Waals surface area contributed by atoms with Crippen LogP contribution in [0.5, 0.6) is 0 Å². The standard InChI is InChI=1S/C16H24BrFN2/c1-16(2,3)20-9-5-4-6-14(19)15(20)12-10-11(17)7-8-13(12)18/h7-8,10,14-15H,4-6,9,19H2,1-3H3. The summed E-state index contributed by atoms with van der Waals surface area (Å²) in [6, 6.07) is 5.06. The average Bonchev–Trinajstić information content (AvgIpc) is 2.54. The van der Waals surface area contributed by atoms with E-state index in [0.29, 0.717) is 5.56 Å². The zero-order chi connectivity index (χ0) is 14.9. The van der Waals surface area contributed by atoms with Crippen LogP contribution < -0.4 is 5.73 Å². The van der Waals surface area contributed by atoms with E-state index in [1.807, 2.05) is 6.07 Å². The molecule has 20 heavy (non-hydrogen) atoms. The summed E-state index contributed by atoms with van der Waals surface area (Å²) in [5, 5.41) is 0. The van der Waals surface area contributed by atoms with Crippen LogP contribution in [0.2, 0.25) is 0 Å². The van der Waals surface area contributed by atoms with E-state index in [-0.39, 0.29) is 23.4 Å². The molecule has 1 aromatic rings. The van der Waals surface area contributed by atoms with Gasteiger partial charge in [-0.1, -0.05) is 22.4 Å². The van der Waals surface area contributed by atoms with E-state index in [9.17, 15) is 4.39 Å². The predicted molar refractivity (Wildman–Crippen MR) is 85.1 cm³/mol. The van der Waals surface area contributed by atoms with Crippen molar-refractivity contribution in [3.05, 3.63) is 34.1 Å². The van der Waals surface area contributed by atoms with Crippen molar-refractivity contribution in [2.24, 2.45) is 5.73 Å². The SMILES string of the molecule is CC(C)(C)N1CCCCC(N)C1c1cc(Br)ccc1F. The van der Waals surface area contributed by atoms with Gasteiger partial charge in [0.25, 0.3) is 0 Å². The molecule has 0 bridgehead atoms. The molecule has 1 aliphatic heterocycles. The summed E-state index contributed by atoms with van der Waals surface area (Å²) in [5.74, 6) is -0.162. The van der Waals surface area contributed by atoms with Crippen molar-refractivity contribution in [2.45, 2.75) is 57.7 Å². The first kappa shape index (κ1) is 15.9. The number of hydrogen-bond acceptors (Lipinski definition) is 2. The van der Waals surface area contributed by atoms with Gasteiger partial charge in [0, 0.05) is 21.6 Å². The predicted octanol–water partition coefficient (Wildman–Crippen LogP) is 4.24. The Kier molecular flexibility index (Phi) is 4.88. The van der Waals surface area contributed by atoms with Gasteiger partial charge >= 0.3 is 0 Å². The highest BCUT2D eigenvalue weighted by Crippen LogP contribution is 2.36. The highest BCUT2D eigenvalue weighted by Gasteiger charge is 2.36. The lowest BCUT2D eigenvalue weighted by Gasteiger charge is -2.43. The molecular weight excluding hydrogens is 319 g/mol. The third kappa shape index (κ3) is 3.41. The monoisotopic (exact) mass is 342 g/mol. The van der Waals surface area contributed by atoms with E-state index in [2.05, 4.69) is 41.6 Å². The molecule has 1 aromatic carbocycles. The topological polar surface area (TPSA) is 29.3 Å². The van der Waals surface area contributed by atoms with Crippen molar-refractivity contribution >= 4 is 15.9 Å². The molecule has 1 fully saturated rings. The minimum Gasteiger partial charge on any atom is -0.326 e. The second kappa shape index (κ2) is 6.12. The number of likely N-dealkylation sites (tertiary alicyclic amines) is 1. The van der Waals surface area contributed by atoms with Crippen molar-refractivity contribution in [3.63, 3.8) is 0 Å². The van der Waals surface area contributed by atoms with E-state index in [1.54, 1.807) is 6.07 Å². The molecule has 1 saturated heterocycles. The molecule has 1 heterocycles. The first-order chi connectivity index (χ1) is 9.30. The summed E-state index contributed by atoms with van der Waals surface area (Å²) in [6.45, 7) is 7.49. The summed E-state index contributed by atoms with van der Waals surface area (Å²) >= 11 is 3.45. The average molecular weight is 343 g/mol. The zero-order valence-corrected chi connectivity index (χ0v) is 14.1. The Hall–Kier alpha value is -0.450. The number of nitrogens with zero attached hydrogens (tertiary/aromatic N) is 1. The van der Waals surface area contributed by atoms with E-state index < -0.39 is 0 Å². The maximum atomic E-state index is 14.3. The van der Waals surface area contributed by atoms with E-state index in [1.165, 1.54) is 6.07 Å². The summed E-state index contributed by atoms with van der Waals surface area (Å²) in [5.41, 5.74) is 7.08. The molecule has 0 spiro atoms. The van der Waals surface area contributed by atoms with Gasteiger partial charge in [0.05, 0.1) is 6.04 Å². The van der Waals surface area contributed by atoms with Crippen LogP contribution in [-0.4, -0.2) is 23.0 Å². The molecule has 2 atom stereocenters. The van der Waals surface area contributed by atoms with Gasteiger partial charge in [-0.25, -0.2) is 4.39 Å². The normalized spacial score (nSPS) is 25.5. The van der Waals surface area contributed by atoms with Gasteiger partial charge in [-0.05, 0) is 58.4 Å². The van der Waals surface area contributed by atoms with Gasteiger partial charge in [0.1, 0.15) is 5.82 Å². The lowest BCUT2D eigenvalue weighted by molar-refractivity contribution is 0.0735. The first-order valence-electron chi connectivity index (χ1n) is 7.28. The van der Waals surface area contributed by atoms with E-state index in [0.717, 1.165) is 30.3 Å². The van der Waals surface area contributed by atoms with Crippen LogP contribution in [0.1, 0.15) is 51.6 Å². The molecule has 112 valence electrons. The molecule has 4 heteroatoms. The van der Waals surface area contributed by atoms with Crippen LogP contribution >= 0.6 is 15.9 Å². The first-order valence-corrected chi connectivity index (χ1v) is 8.07. The van der Waals surface area contributed by atoms with Gasteiger partial charge in [0.15, 0.2) is 0 Å². The fourth-order valence-electron chi connectivity index (χ4n) is 3.08. The molecule has 2 nitrogen and oxygen atoms in total. The second-order valence-corrected chi connectivity index (χ2v) is 7.55. The minimum atomic E-state index is -0.162. The van der Waals surface area contributed by atoms with E-state index >= 15 is 0 Å². The maximum absolute atomic E-state index is 14.3. The summed E-state index contributed by atoms with van der Waals surface area (Å²) in [6.07, 6.45) is 3.18. The Morgan fingerprint density at radius 3 is 2.65 bits per heavy atom. The minimum absolute atomic E-state index is 0.0264. The highest BCUT2D eigenvalue weighted by atomic mass is 79.9. The Bertz CT molecular complexity index is 470. The van der Waals surface area contributed by atoms with Gasteiger partial charge in [-0.3, -0.25) is 4.90 Å².